The molecular weight excluding hydrogens is 426 g/mol. The molecule has 184 valence electrons. The normalized spacial score (nSPS) is 11.4. The van der Waals surface area contributed by atoms with Gasteiger partial charge in [-0.15, -0.1) is 0 Å². The van der Waals surface area contributed by atoms with Crippen LogP contribution in [-0.4, -0.2) is 25.4 Å². The van der Waals surface area contributed by atoms with Crippen molar-refractivity contribution in [1.82, 2.24) is 5.32 Å². The fourth-order valence-corrected chi connectivity index (χ4v) is 4.18. The summed E-state index contributed by atoms with van der Waals surface area (Å²) in [7, 11) is -4.67. The molecule has 0 spiro atoms. The minimum Gasteiger partial charge on any atom is -0.361 e. The Hall–Kier alpha value is -1.60. The summed E-state index contributed by atoms with van der Waals surface area (Å²) in [6.07, 6.45) is 20.8. The summed E-state index contributed by atoms with van der Waals surface area (Å²) in [5.41, 5.74) is 0.0848. The molecule has 0 fully saturated rings. The summed E-state index contributed by atoms with van der Waals surface area (Å²) in [5.74, 6) is -0.593. The van der Waals surface area contributed by atoms with Gasteiger partial charge < -0.3 is 9.50 Å². The molecule has 0 radical (unpaired) electrons. The third-order valence-electron chi connectivity index (χ3n) is 5.64. The second-order valence-electron chi connectivity index (χ2n) is 8.57. The average molecular weight is 470 g/mol. The largest absolute Gasteiger partial charge is 0.446 e. The second kappa shape index (κ2) is 17.9. The first-order chi connectivity index (χ1) is 15.4. The molecule has 6 nitrogen and oxygen atoms in total. The highest BCUT2D eigenvalue weighted by atomic mass is 32.3. The smallest absolute Gasteiger partial charge is 0.361 e. The molecule has 1 aromatic carbocycles. The molecule has 2 N–H and O–H groups in total. The number of amides is 1. The first kappa shape index (κ1) is 28.4. The highest BCUT2D eigenvalue weighted by Crippen LogP contribution is 2.19. The van der Waals surface area contributed by atoms with Crippen LogP contribution in [0.3, 0.4) is 0 Å². The maximum Gasteiger partial charge on any atom is 0.446 e. The lowest BCUT2D eigenvalue weighted by Gasteiger charge is -2.09. The van der Waals surface area contributed by atoms with Crippen molar-refractivity contribution in [2.45, 2.75) is 110 Å². The summed E-state index contributed by atoms with van der Waals surface area (Å²) in [5, 5.41) is 2.78. The van der Waals surface area contributed by atoms with Gasteiger partial charge in [0.15, 0.2) is 5.75 Å². The molecule has 32 heavy (non-hydrogen) atoms. The lowest BCUT2D eigenvalue weighted by molar-refractivity contribution is 0.0951. The Morgan fingerprint density at radius 3 is 1.69 bits per heavy atom. The minimum absolute atomic E-state index is 0.0848. The van der Waals surface area contributed by atoms with Crippen LogP contribution in [0.1, 0.15) is 120 Å². The predicted octanol–water partition coefficient (Wildman–Crippen LogP) is 6.86. The number of hydrogen-bond acceptors (Lipinski definition) is 4. The monoisotopic (exact) mass is 469 g/mol. The van der Waals surface area contributed by atoms with Gasteiger partial charge >= 0.3 is 10.4 Å². The first-order valence-corrected chi connectivity index (χ1v) is 13.8. The summed E-state index contributed by atoms with van der Waals surface area (Å²) >= 11 is 0. The summed E-state index contributed by atoms with van der Waals surface area (Å²) < 4.78 is 35.1. The molecule has 0 aromatic heterocycles. The number of para-hydroxylation sites is 1. The summed E-state index contributed by atoms with van der Waals surface area (Å²) in [6, 6.07) is 5.94. The standard InChI is InChI=1S/C25H43NO5S/c1-2-3-4-5-6-7-8-9-10-11-12-13-14-15-16-19-22-26-25(27)23-20-17-18-21-24(23)31-32(28,29)30/h17-18,20-21H,2-16,19,22H2,1H3,(H,26,27)(H,28,29,30). The van der Waals surface area contributed by atoms with Gasteiger partial charge in [0.2, 0.25) is 0 Å². The predicted molar refractivity (Wildman–Crippen MR) is 130 cm³/mol. The van der Waals surface area contributed by atoms with Crippen molar-refractivity contribution in [3.63, 3.8) is 0 Å². The van der Waals surface area contributed by atoms with Crippen molar-refractivity contribution >= 4 is 16.3 Å². The fourth-order valence-electron chi connectivity index (χ4n) is 3.81. The van der Waals surface area contributed by atoms with Gasteiger partial charge in [-0.2, -0.15) is 8.42 Å². The topological polar surface area (TPSA) is 92.7 Å². The molecule has 1 rings (SSSR count). The van der Waals surface area contributed by atoms with Gasteiger partial charge in [-0.05, 0) is 18.6 Å². The average Bonchev–Trinajstić information content (AvgIpc) is 2.75. The molecule has 0 saturated heterocycles. The van der Waals surface area contributed by atoms with Crippen molar-refractivity contribution in [1.29, 1.82) is 0 Å². The van der Waals surface area contributed by atoms with Gasteiger partial charge in [0, 0.05) is 6.54 Å². The lowest BCUT2D eigenvalue weighted by atomic mass is 10.0. The van der Waals surface area contributed by atoms with Crippen LogP contribution in [0, 0.1) is 0 Å². The van der Waals surface area contributed by atoms with E-state index in [1.54, 1.807) is 6.07 Å². The van der Waals surface area contributed by atoms with E-state index in [4.69, 9.17) is 4.55 Å². The van der Waals surface area contributed by atoms with Crippen molar-refractivity contribution in [2.24, 2.45) is 0 Å². The zero-order valence-electron chi connectivity index (χ0n) is 19.8. The molecule has 0 saturated carbocycles. The van der Waals surface area contributed by atoms with Crippen LogP contribution in [0.25, 0.3) is 0 Å². The van der Waals surface area contributed by atoms with Gasteiger partial charge in [0.05, 0.1) is 5.56 Å². The van der Waals surface area contributed by atoms with E-state index in [1.807, 2.05) is 0 Å². The lowest BCUT2D eigenvalue weighted by Crippen LogP contribution is -2.25. The van der Waals surface area contributed by atoms with Crippen LogP contribution in [0.2, 0.25) is 0 Å². The van der Waals surface area contributed by atoms with Gasteiger partial charge in [0.25, 0.3) is 5.91 Å². The van der Waals surface area contributed by atoms with Gasteiger partial charge in [0.1, 0.15) is 0 Å². The third kappa shape index (κ3) is 15.2. The third-order valence-corrected chi connectivity index (χ3v) is 6.03. The van der Waals surface area contributed by atoms with Crippen molar-refractivity contribution in [2.75, 3.05) is 6.54 Å². The molecule has 1 amide bonds. The second-order valence-corrected chi connectivity index (χ2v) is 9.59. The van der Waals surface area contributed by atoms with Gasteiger partial charge in [-0.3, -0.25) is 9.35 Å². The molecule has 7 heteroatoms. The Labute approximate surface area is 195 Å². The fraction of sp³-hybridized carbons (Fsp3) is 0.720. The van der Waals surface area contributed by atoms with E-state index in [2.05, 4.69) is 16.4 Å². The van der Waals surface area contributed by atoms with E-state index in [-0.39, 0.29) is 11.3 Å². The summed E-state index contributed by atoms with van der Waals surface area (Å²) in [6.45, 7) is 2.79. The number of benzene rings is 1. The van der Waals surface area contributed by atoms with Crippen molar-refractivity contribution < 1.29 is 21.9 Å². The van der Waals surface area contributed by atoms with Crippen LogP contribution >= 0.6 is 0 Å². The van der Waals surface area contributed by atoms with Crippen LogP contribution < -0.4 is 9.50 Å². The number of unbranched alkanes of at least 4 members (excludes halogenated alkanes) is 15. The molecule has 0 bridgehead atoms. The minimum atomic E-state index is -4.67. The van der Waals surface area contributed by atoms with E-state index in [0.29, 0.717) is 6.54 Å². The highest BCUT2D eigenvalue weighted by molar-refractivity contribution is 7.81. The number of carbonyl (C=O) groups excluding carboxylic acids is 1. The van der Waals surface area contributed by atoms with E-state index in [9.17, 15) is 13.2 Å². The van der Waals surface area contributed by atoms with Crippen LogP contribution in [0.15, 0.2) is 24.3 Å². The van der Waals surface area contributed by atoms with E-state index < -0.39 is 16.3 Å². The first-order valence-electron chi connectivity index (χ1n) is 12.5. The molecule has 0 unspecified atom stereocenters. The maximum absolute atomic E-state index is 12.2. The SMILES string of the molecule is CCCCCCCCCCCCCCCCCCNC(=O)c1ccccc1OS(=O)(=O)O. The Balaban J connectivity index is 1.97. The Morgan fingerprint density at radius 1 is 0.781 bits per heavy atom. The van der Waals surface area contributed by atoms with E-state index in [1.165, 1.54) is 102 Å². The number of nitrogens with one attached hydrogen (secondary N) is 1. The van der Waals surface area contributed by atoms with Crippen LogP contribution in [-0.2, 0) is 10.4 Å². The Morgan fingerprint density at radius 2 is 1.22 bits per heavy atom. The van der Waals surface area contributed by atoms with Crippen LogP contribution in [0.4, 0.5) is 0 Å². The van der Waals surface area contributed by atoms with Crippen LogP contribution in [0.5, 0.6) is 5.75 Å². The number of carbonyl (C=O) groups is 1. The molecular formula is C25H43NO5S. The molecule has 0 heterocycles. The molecule has 0 aliphatic carbocycles. The van der Waals surface area contributed by atoms with E-state index in [0.717, 1.165) is 19.3 Å². The van der Waals surface area contributed by atoms with Gasteiger partial charge in [-0.1, -0.05) is 115 Å². The van der Waals surface area contributed by atoms with Crippen molar-refractivity contribution in [3.05, 3.63) is 29.8 Å². The number of hydrogen-bond donors (Lipinski definition) is 2. The quantitative estimate of drug-likeness (QED) is 0.161. The summed E-state index contributed by atoms with van der Waals surface area (Å²) in [4.78, 5) is 12.2. The Kier molecular flexibility index (Phi) is 15.9. The van der Waals surface area contributed by atoms with Gasteiger partial charge in [-0.25, -0.2) is 0 Å². The Bertz CT molecular complexity index is 721. The highest BCUT2D eigenvalue weighted by Gasteiger charge is 2.16. The van der Waals surface area contributed by atoms with E-state index >= 15 is 0 Å². The maximum atomic E-state index is 12.2. The zero-order valence-corrected chi connectivity index (χ0v) is 20.6. The molecule has 0 atom stereocenters. The molecule has 0 aliphatic rings. The van der Waals surface area contributed by atoms with Crippen molar-refractivity contribution in [3.8, 4) is 5.75 Å². The zero-order chi connectivity index (χ0) is 23.5. The molecule has 0 aliphatic heterocycles. The number of rotatable bonds is 20. The molecule has 1 aromatic rings.